The maximum absolute atomic E-state index is 13.7. The fourth-order valence-corrected chi connectivity index (χ4v) is 4.49. The molecule has 2 amide bonds. The number of nitrogens with zero attached hydrogens (tertiary/aromatic N) is 5. The summed E-state index contributed by atoms with van der Waals surface area (Å²) in [5, 5.41) is 15.5. The van der Waals surface area contributed by atoms with Crippen LogP contribution in [0.25, 0.3) is 11.6 Å². The molecule has 0 spiro atoms. The zero-order valence-electron chi connectivity index (χ0n) is 20.2. The van der Waals surface area contributed by atoms with Crippen LogP contribution in [0.15, 0.2) is 34.7 Å². The molecule has 1 N–H and O–H groups in total. The van der Waals surface area contributed by atoms with Crippen molar-refractivity contribution in [2.24, 2.45) is 0 Å². The van der Waals surface area contributed by atoms with Crippen molar-refractivity contribution in [1.82, 2.24) is 25.5 Å². The molecule has 0 saturated heterocycles. The van der Waals surface area contributed by atoms with E-state index in [2.05, 4.69) is 20.7 Å². The standard InChI is InChI=1S/C25H32N6O3/c1-5-20(25(33)26-19-10-6-7-11-19)31(21-12-8-9-16(2)18(21)4)23(32)15-30-28-24(27-29-30)22-14-13-17(3)34-22/h8-9,12-14,19-20H,5-7,10-11,15H2,1-4H3,(H,26,33)/t20-/m0/s1. The second kappa shape index (κ2) is 10.2. The number of aromatic nitrogens is 4. The van der Waals surface area contributed by atoms with E-state index in [0.717, 1.165) is 48.3 Å². The maximum atomic E-state index is 13.7. The molecule has 1 aromatic carbocycles. The van der Waals surface area contributed by atoms with Gasteiger partial charge in [-0.05, 0) is 74.6 Å². The summed E-state index contributed by atoms with van der Waals surface area (Å²) in [6, 6.07) is 8.91. The van der Waals surface area contributed by atoms with E-state index in [9.17, 15) is 9.59 Å². The van der Waals surface area contributed by atoms with Gasteiger partial charge in [0.15, 0.2) is 5.76 Å². The van der Waals surface area contributed by atoms with Crippen molar-refractivity contribution in [3.63, 3.8) is 0 Å². The third kappa shape index (κ3) is 5.03. The lowest BCUT2D eigenvalue weighted by Crippen LogP contribution is -2.52. The number of tetrazole rings is 1. The Kier molecular flexibility index (Phi) is 7.09. The van der Waals surface area contributed by atoms with Gasteiger partial charge in [-0.2, -0.15) is 4.80 Å². The molecule has 4 rings (SSSR count). The van der Waals surface area contributed by atoms with Gasteiger partial charge in [0.1, 0.15) is 18.3 Å². The number of carbonyl (C=O) groups is 2. The van der Waals surface area contributed by atoms with Crippen molar-refractivity contribution in [2.75, 3.05) is 4.90 Å². The molecule has 2 heterocycles. The van der Waals surface area contributed by atoms with Gasteiger partial charge in [-0.1, -0.05) is 31.9 Å². The van der Waals surface area contributed by atoms with Gasteiger partial charge in [-0.25, -0.2) is 0 Å². The van der Waals surface area contributed by atoms with Crippen LogP contribution >= 0.6 is 0 Å². The number of rotatable bonds is 8. The van der Waals surface area contributed by atoms with E-state index in [1.165, 1.54) is 4.80 Å². The smallest absolute Gasteiger partial charge is 0.251 e. The molecule has 34 heavy (non-hydrogen) atoms. The first kappa shape index (κ1) is 23.7. The molecule has 1 atom stereocenters. The molecule has 9 nitrogen and oxygen atoms in total. The van der Waals surface area contributed by atoms with Gasteiger partial charge in [0.25, 0.3) is 5.91 Å². The van der Waals surface area contributed by atoms with Gasteiger partial charge in [0, 0.05) is 11.7 Å². The van der Waals surface area contributed by atoms with E-state index in [-0.39, 0.29) is 24.4 Å². The van der Waals surface area contributed by atoms with Gasteiger partial charge in [-0.15, -0.1) is 10.2 Å². The number of nitrogens with one attached hydrogen (secondary N) is 1. The van der Waals surface area contributed by atoms with Crippen molar-refractivity contribution in [3.8, 4) is 11.6 Å². The minimum absolute atomic E-state index is 0.123. The molecule has 1 aliphatic carbocycles. The number of aryl methyl sites for hydroxylation is 2. The Morgan fingerprint density at radius 1 is 1.18 bits per heavy atom. The molecule has 2 aromatic heterocycles. The molecule has 180 valence electrons. The highest BCUT2D eigenvalue weighted by molar-refractivity contribution is 6.01. The minimum atomic E-state index is -0.635. The first-order valence-corrected chi connectivity index (χ1v) is 11.9. The number of anilines is 1. The molecule has 0 aliphatic heterocycles. The van der Waals surface area contributed by atoms with Crippen LogP contribution in [-0.4, -0.2) is 44.1 Å². The summed E-state index contributed by atoms with van der Waals surface area (Å²) >= 11 is 0. The molecule has 1 saturated carbocycles. The summed E-state index contributed by atoms with van der Waals surface area (Å²) in [4.78, 5) is 29.8. The van der Waals surface area contributed by atoms with Crippen molar-refractivity contribution < 1.29 is 14.0 Å². The zero-order chi connectivity index (χ0) is 24.2. The average Bonchev–Trinajstić information content (AvgIpc) is 3.57. The number of amides is 2. The van der Waals surface area contributed by atoms with Crippen LogP contribution in [0.2, 0.25) is 0 Å². The van der Waals surface area contributed by atoms with Gasteiger partial charge in [0.2, 0.25) is 11.7 Å². The Hall–Kier alpha value is -3.49. The number of carbonyl (C=O) groups excluding carboxylic acids is 2. The van der Waals surface area contributed by atoms with E-state index >= 15 is 0 Å². The van der Waals surface area contributed by atoms with Gasteiger partial charge in [0.05, 0.1) is 0 Å². The highest BCUT2D eigenvalue weighted by Crippen LogP contribution is 2.27. The topological polar surface area (TPSA) is 106 Å². The lowest BCUT2D eigenvalue weighted by Gasteiger charge is -2.32. The zero-order valence-corrected chi connectivity index (χ0v) is 20.2. The highest BCUT2D eigenvalue weighted by atomic mass is 16.3. The molecule has 0 bridgehead atoms. The summed E-state index contributed by atoms with van der Waals surface area (Å²) in [6.45, 7) is 7.58. The number of benzene rings is 1. The lowest BCUT2D eigenvalue weighted by molar-refractivity contribution is -0.127. The monoisotopic (exact) mass is 464 g/mol. The Morgan fingerprint density at radius 2 is 1.94 bits per heavy atom. The van der Waals surface area contributed by atoms with Gasteiger partial charge in [-0.3, -0.25) is 14.5 Å². The largest absolute Gasteiger partial charge is 0.458 e. The predicted octanol–water partition coefficient (Wildman–Crippen LogP) is 3.73. The summed E-state index contributed by atoms with van der Waals surface area (Å²) in [5.41, 5.74) is 2.73. The van der Waals surface area contributed by atoms with Crippen LogP contribution in [0.3, 0.4) is 0 Å². The average molecular weight is 465 g/mol. The molecule has 0 unspecified atom stereocenters. The van der Waals surface area contributed by atoms with Crippen LogP contribution in [0, 0.1) is 20.8 Å². The van der Waals surface area contributed by atoms with Crippen LogP contribution in [0.5, 0.6) is 0 Å². The number of hydrogen-bond donors (Lipinski definition) is 1. The first-order chi connectivity index (χ1) is 16.4. The predicted molar refractivity (Wildman–Crippen MR) is 128 cm³/mol. The van der Waals surface area contributed by atoms with E-state index < -0.39 is 6.04 Å². The Morgan fingerprint density at radius 3 is 2.62 bits per heavy atom. The molecule has 3 aromatic rings. The Bertz CT molecular complexity index is 1160. The SMILES string of the molecule is CC[C@@H](C(=O)NC1CCCC1)N(C(=O)Cn1nnc(-c2ccc(C)o2)n1)c1cccc(C)c1C. The molecule has 1 aliphatic rings. The van der Waals surface area contributed by atoms with Gasteiger partial charge >= 0.3 is 0 Å². The third-order valence-corrected chi connectivity index (χ3v) is 6.50. The molecule has 1 fully saturated rings. The van der Waals surface area contributed by atoms with Crippen molar-refractivity contribution in [1.29, 1.82) is 0 Å². The second-order valence-electron chi connectivity index (χ2n) is 8.95. The van der Waals surface area contributed by atoms with Gasteiger partial charge < -0.3 is 9.73 Å². The molecule has 0 radical (unpaired) electrons. The van der Waals surface area contributed by atoms with E-state index in [0.29, 0.717) is 18.0 Å². The number of furan rings is 1. The van der Waals surface area contributed by atoms with Crippen molar-refractivity contribution >= 4 is 17.5 Å². The molecule has 9 heteroatoms. The van der Waals surface area contributed by atoms with Crippen molar-refractivity contribution in [3.05, 3.63) is 47.2 Å². The maximum Gasteiger partial charge on any atom is 0.251 e. The van der Waals surface area contributed by atoms with Crippen molar-refractivity contribution in [2.45, 2.75) is 78.4 Å². The molecular formula is C25H32N6O3. The normalized spacial score (nSPS) is 14.8. The quantitative estimate of drug-likeness (QED) is 0.544. The lowest BCUT2D eigenvalue weighted by atomic mass is 10.0. The summed E-state index contributed by atoms with van der Waals surface area (Å²) in [6.07, 6.45) is 4.70. The third-order valence-electron chi connectivity index (χ3n) is 6.50. The van der Waals surface area contributed by atoms with Crippen LogP contribution in [0.4, 0.5) is 5.69 Å². The van der Waals surface area contributed by atoms with E-state index in [1.807, 2.05) is 52.0 Å². The highest BCUT2D eigenvalue weighted by Gasteiger charge is 2.33. The summed E-state index contributed by atoms with van der Waals surface area (Å²) < 4.78 is 5.56. The fraction of sp³-hybridized carbons (Fsp3) is 0.480. The molecular weight excluding hydrogens is 432 g/mol. The minimum Gasteiger partial charge on any atom is -0.458 e. The summed E-state index contributed by atoms with van der Waals surface area (Å²) in [5.74, 6) is 1.14. The van der Waals surface area contributed by atoms with Crippen LogP contribution in [-0.2, 0) is 16.1 Å². The van der Waals surface area contributed by atoms with Crippen LogP contribution in [0.1, 0.15) is 55.9 Å². The number of hydrogen-bond acceptors (Lipinski definition) is 6. The summed E-state index contributed by atoms with van der Waals surface area (Å²) in [7, 11) is 0. The fourth-order valence-electron chi connectivity index (χ4n) is 4.49. The Labute approximate surface area is 199 Å². The first-order valence-electron chi connectivity index (χ1n) is 11.9. The van der Waals surface area contributed by atoms with Crippen LogP contribution < -0.4 is 10.2 Å². The van der Waals surface area contributed by atoms with E-state index in [1.54, 1.807) is 11.0 Å². The second-order valence-corrected chi connectivity index (χ2v) is 8.95. The van der Waals surface area contributed by atoms with E-state index in [4.69, 9.17) is 4.42 Å². The Balaban J connectivity index is 1.61.